The van der Waals surface area contributed by atoms with Crippen LogP contribution in [0.5, 0.6) is 0 Å². The van der Waals surface area contributed by atoms with Gasteiger partial charge in [0, 0.05) is 30.5 Å². The van der Waals surface area contributed by atoms with E-state index in [2.05, 4.69) is 25.8 Å². The number of thiazole rings is 1. The molecule has 1 N–H and O–H groups in total. The van der Waals surface area contributed by atoms with Gasteiger partial charge in [-0.05, 0) is 23.8 Å². The van der Waals surface area contributed by atoms with E-state index >= 15 is 0 Å². The van der Waals surface area contributed by atoms with Crippen molar-refractivity contribution in [3.05, 3.63) is 22.4 Å². The number of nitrogens with zero attached hydrogens (tertiary/aromatic N) is 5. The van der Waals surface area contributed by atoms with Crippen molar-refractivity contribution >= 4 is 17.2 Å². The Morgan fingerprint density at radius 2 is 2.42 bits per heavy atom. The van der Waals surface area contributed by atoms with Crippen molar-refractivity contribution in [3.63, 3.8) is 0 Å². The Morgan fingerprint density at radius 3 is 3.11 bits per heavy atom. The van der Waals surface area contributed by atoms with Gasteiger partial charge < -0.3 is 5.32 Å². The molecule has 0 aliphatic carbocycles. The van der Waals surface area contributed by atoms with Gasteiger partial charge in [-0.25, -0.2) is 9.67 Å². The average Bonchev–Trinajstić information content (AvgIpc) is 3.04. The van der Waals surface area contributed by atoms with Crippen molar-refractivity contribution < 1.29 is 4.79 Å². The zero-order chi connectivity index (χ0) is 13.5. The second-order valence-electron chi connectivity index (χ2n) is 4.16. The SMILES string of the molecule is Cc1csc(CCCNC(=O)CCn2cnnn2)n1. The van der Waals surface area contributed by atoms with Gasteiger partial charge in [-0.1, -0.05) is 0 Å². The minimum atomic E-state index is 0.0193. The molecule has 19 heavy (non-hydrogen) atoms. The number of aromatic nitrogens is 5. The Bertz CT molecular complexity index is 509. The summed E-state index contributed by atoms with van der Waals surface area (Å²) in [5, 5.41) is 16.8. The van der Waals surface area contributed by atoms with Crippen LogP contribution in [0.4, 0.5) is 0 Å². The third-order valence-electron chi connectivity index (χ3n) is 2.52. The van der Waals surface area contributed by atoms with Crippen molar-refractivity contribution in [2.45, 2.75) is 32.7 Å². The molecule has 0 aliphatic heterocycles. The highest BCUT2D eigenvalue weighted by Crippen LogP contribution is 2.10. The Labute approximate surface area is 115 Å². The van der Waals surface area contributed by atoms with Crippen molar-refractivity contribution in [2.24, 2.45) is 0 Å². The first-order valence-electron chi connectivity index (χ1n) is 6.12. The molecule has 2 rings (SSSR count). The van der Waals surface area contributed by atoms with E-state index in [1.807, 2.05) is 12.3 Å². The molecule has 7 nitrogen and oxygen atoms in total. The number of tetrazole rings is 1. The lowest BCUT2D eigenvalue weighted by molar-refractivity contribution is -0.121. The van der Waals surface area contributed by atoms with E-state index in [1.54, 1.807) is 11.3 Å². The van der Waals surface area contributed by atoms with E-state index in [1.165, 1.54) is 11.0 Å². The van der Waals surface area contributed by atoms with Gasteiger partial charge in [0.25, 0.3) is 0 Å². The minimum Gasteiger partial charge on any atom is -0.356 e. The first-order chi connectivity index (χ1) is 9.24. The maximum Gasteiger partial charge on any atom is 0.221 e. The van der Waals surface area contributed by atoms with Crippen LogP contribution in [-0.2, 0) is 17.8 Å². The topological polar surface area (TPSA) is 85.6 Å². The Hall–Kier alpha value is -1.83. The fourth-order valence-corrected chi connectivity index (χ4v) is 2.39. The van der Waals surface area contributed by atoms with Crippen LogP contribution < -0.4 is 5.32 Å². The molecule has 2 aromatic rings. The van der Waals surface area contributed by atoms with Gasteiger partial charge in [-0.2, -0.15) is 0 Å². The summed E-state index contributed by atoms with van der Waals surface area (Å²) < 4.78 is 1.54. The molecule has 2 aromatic heterocycles. The molecule has 0 aliphatic rings. The van der Waals surface area contributed by atoms with Crippen LogP contribution in [0.3, 0.4) is 0 Å². The zero-order valence-electron chi connectivity index (χ0n) is 10.7. The Morgan fingerprint density at radius 1 is 1.53 bits per heavy atom. The van der Waals surface area contributed by atoms with Gasteiger partial charge in [0.2, 0.25) is 5.91 Å². The normalized spacial score (nSPS) is 10.6. The van der Waals surface area contributed by atoms with Crippen LogP contribution in [0, 0.1) is 6.92 Å². The molecule has 0 saturated carbocycles. The molecule has 2 heterocycles. The van der Waals surface area contributed by atoms with Gasteiger partial charge in [0.1, 0.15) is 6.33 Å². The average molecular weight is 280 g/mol. The summed E-state index contributed by atoms with van der Waals surface area (Å²) in [4.78, 5) is 15.9. The predicted molar refractivity (Wildman–Crippen MR) is 70.6 cm³/mol. The highest BCUT2D eigenvalue weighted by Gasteiger charge is 2.03. The van der Waals surface area contributed by atoms with Crippen molar-refractivity contribution in [2.75, 3.05) is 6.54 Å². The molecule has 1 amide bonds. The number of amides is 1. The number of rotatable bonds is 7. The highest BCUT2D eigenvalue weighted by molar-refractivity contribution is 7.09. The fraction of sp³-hybridized carbons (Fsp3) is 0.545. The molecule has 0 atom stereocenters. The highest BCUT2D eigenvalue weighted by atomic mass is 32.1. The van der Waals surface area contributed by atoms with Crippen molar-refractivity contribution in [1.29, 1.82) is 0 Å². The summed E-state index contributed by atoms with van der Waals surface area (Å²) >= 11 is 1.67. The molecule has 0 fully saturated rings. The van der Waals surface area contributed by atoms with Gasteiger partial charge in [0.15, 0.2) is 0 Å². The second kappa shape index (κ2) is 6.93. The monoisotopic (exact) mass is 280 g/mol. The molecule has 102 valence electrons. The lowest BCUT2D eigenvalue weighted by Gasteiger charge is -2.03. The quantitative estimate of drug-likeness (QED) is 0.750. The number of nitrogens with one attached hydrogen (secondary N) is 1. The Balaban J connectivity index is 1.56. The second-order valence-corrected chi connectivity index (χ2v) is 5.10. The predicted octanol–water partition coefficient (Wildman–Crippen LogP) is 0.577. The first kappa shape index (κ1) is 13.6. The molecule has 0 saturated heterocycles. The van der Waals surface area contributed by atoms with Crippen LogP contribution in [0.15, 0.2) is 11.7 Å². The third-order valence-corrected chi connectivity index (χ3v) is 3.54. The van der Waals surface area contributed by atoms with E-state index < -0.39 is 0 Å². The third kappa shape index (κ3) is 4.74. The van der Waals surface area contributed by atoms with Crippen molar-refractivity contribution in [3.8, 4) is 0 Å². The summed E-state index contributed by atoms with van der Waals surface area (Å²) in [5.41, 5.74) is 1.06. The van der Waals surface area contributed by atoms with Crippen LogP contribution in [0.1, 0.15) is 23.5 Å². The molecule has 8 heteroatoms. The van der Waals surface area contributed by atoms with E-state index in [0.29, 0.717) is 19.5 Å². The van der Waals surface area contributed by atoms with Gasteiger partial charge >= 0.3 is 0 Å². The molecule has 0 radical (unpaired) electrons. The molecule has 0 spiro atoms. The Kier molecular flexibility index (Phi) is 4.96. The fourth-order valence-electron chi connectivity index (χ4n) is 1.57. The number of carbonyl (C=O) groups is 1. The zero-order valence-corrected chi connectivity index (χ0v) is 11.6. The van der Waals surface area contributed by atoms with Gasteiger partial charge in [0.05, 0.1) is 11.6 Å². The summed E-state index contributed by atoms with van der Waals surface area (Å²) in [6.07, 6.45) is 3.70. The lowest BCUT2D eigenvalue weighted by atomic mass is 10.3. The van der Waals surface area contributed by atoms with Crippen LogP contribution >= 0.6 is 11.3 Å². The maximum atomic E-state index is 11.5. The van der Waals surface area contributed by atoms with Crippen molar-refractivity contribution in [1.82, 2.24) is 30.5 Å². The molecule has 0 unspecified atom stereocenters. The summed E-state index contributed by atoms with van der Waals surface area (Å²) in [5.74, 6) is 0.0193. The first-order valence-corrected chi connectivity index (χ1v) is 7.00. The number of hydrogen-bond acceptors (Lipinski definition) is 6. The lowest BCUT2D eigenvalue weighted by Crippen LogP contribution is -2.25. The standard InChI is InChI=1S/C11H16N6OS/c1-9-7-19-11(14-9)3-2-5-12-10(18)4-6-17-8-13-15-16-17/h7-8H,2-6H2,1H3,(H,12,18). The summed E-state index contributed by atoms with van der Waals surface area (Å²) in [6, 6.07) is 0. The number of aryl methyl sites for hydroxylation is 3. The van der Waals surface area contributed by atoms with Gasteiger partial charge in [-0.15, -0.1) is 16.4 Å². The van der Waals surface area contributed by atoms with E-state index in [0.717, 1.165) is 23.5 Å². The van der Waals surface area contributed by atoms with Crippen LogP contribution in [0.2, 0.25) is 0 Å². The number of carbonyl (C=O) groups excluding carboxylic acids is 1. The molecular formula is C11H16N6OS. The van der Waals surface area contributed by atoms with Crippen LogP contribution in [-0.4, -0.2) is 37.6 Å². The van der Waals surface area contributed by atoms with E-state index in [4.69, 9.17) is 0 Å². The van der Waals surface area contributed by atoms with E-state index in [9.17, 15) is 4.79 Å². The minimum absolute atomic E-state index is 0.0193. The molecule has 0 bridgehead atoms. The summed E-state index contributed by atoms with van der Waals surface area (Å²) in [7, 11) is 0. The molecule has 0 aromatic carbocycles. The smallest absolute Gasteiger partial charge is 0.221 e. The summed E-state index contributed by atoms with van der Waals surface area (Å²) in [6.45, 7) is 3.17. The van der Waals surface area contributed by atoms with Gasteiger partial charge in [-0.3, -0.25) is 4.79 Å². The number of hydrogen-bond donors (Lipinski definition) is 1. The largest absolute Gasteiger partial charge is 0.356 e. The van der Waals surface area contributed by atoms with Crippen LogP contribution in [0.25, 0.3) is 0 Å². The van der Waals surface area contributed by atoms with E-state index in [-0.39, 0.29) is 5.91 Å². The molecular weight excluding hydrogens is 264 g/mol. The maximum absolute atomic E-state index is 11.5.